The Hall–Kier alpha value is -4.16. The van der Waals surface area contributed by atoms with Crippen molar-refractivity contribution in [3.63, 3.8) is 0 Å². The van der Waals surface area contributed by atoms with Gasteiger partial charge in [-0.25, -0.2) is 14.6 Å². The molecular formula is C28H36N10O2. The van der Waals surface area contributed by atoms with Crippen LogP contribution in [0.25, 0.3) is 11.3 Å². The Morgan fingerprint density at radius 1 is 1.20 bits per heavy atom. The number of rotatable bonds is 8. The molecule has 0 radical (unpaired) electrons. The number of nitrogens with one attached hydrogen (secondary N) is 2. The number of anilines is 2. The molecule has 40 heavy (non-hydrogen) atoms. The third kappa shape index (κ3) is 6.35. The largest absolute Gasteiger partial charge is 0.383 e. The maximum absolute atomic E-state index is 13.2. The Morgan fingerprint density at radius 3 is 2.77 bits per heavy atom. The van der Waals surface area contributed by atoms with E-state index in [4.69, 9.17) is 9.72 Å². The summed E-state index contributed by atoms with van der Waals surface area (Å²) in [5.41, 5.74) is 4.86. The molecule has 1 aliphatic rings. The van der Waals surface area contributed by atoms with Gasteiger partial charge in [-0.2, -0.15) is 5.10 Å². The molecule has 0 spiro atoms. The van der Waals surface area contributed by atoms with E-state index in [1.54, 1.807) is 35.1 Å². The van der Waals surface area contributed by atoms with Crippen molar-refractivity contribution < 1.29 is 9.53 Å². The molecule has 1 amide bonds. The third-order valence-corrected chi connectivity index (χ3v) is 6.89. The fourth-order valence-electron chi connectivity index (χ4n) is 4.71. The number of methoxy groups -OCH3 is 1. The Kier molecular flexibility index (Phi) is 7.90. The summed E-state index contributed by atoms with van der Waals surface area (Å²) in [6, 6.07) is 8.03. The van der Waals surface area contributed by atoms with Crippen LogP contribution in [-0.2, 0) is 23.9 Å². The summed E-state index contributed by atoms with van der Waals surface area (Å²) in [4.78, 5) is 24.7. The molecule has 0 saturated carbocycles. The second kappa shape index (κ2) is 11.5. The summed E-state index contributed by atoms with van der Waals surface area (Å²) < 4.78 is 8.78. The average Bonchev–Trinajstić information content (AvgIpc) is 3.55. The zero-order valence-corrected chi connectivity index (χ0v) is 23.6. The summed E-state index contributed by atoms with van der Waals surface area (Å²) >= 11 is 0. The Labute approximate surface area is 233 Å². The SMILES string of the molecule is COCCN1CC[C@H](NC(=O)c2cn(C(C)(C)C)nn2)c2ccc(-c3ccnc(Nc4cnn(C)c4)n3)cc2C1. The van der Waals surface area contributed by atoms with Crippen molar-refractivity contribution in [3.05, 3.63) is 65.9 Å². The van der Waals surface area contributed by atoms with Gasteiger partial charge in [0.1, 0.15) is 0 Å². The number of amides is 1. The van der Waals surface area contributed by atoms with Crippen LogP contribution in [-0.4, -0.2) is 72.4 Å². The highest BCUT2D eigenvalue weighted by molar-refractivity contribution is 5.92. The van der Waals surface area contributed by atoms with Crippen LogP contribution in [0, 0.1) is 0 Å². The highest BCUT2D eigenvalue weighted by Gasteiger charge is 2.26. The topological polar surface area (TPSA) is 128 Å². The zero-order valence-electron chi connectivity index (χ0n) is 23.6. The monoisotopic (exact) mass is 544 g/mol. The summed E-state index contributed by atoms with van der Waals surface area (Å²) in [5.74, 6) is 0.262. The van der Waals surface area contributed by atoms with Gasteiger partial charge in [0.05, 0.1) is 42.0 Å². The minimum Gasteiger partial charge on any atom is -0.383 e. The number of aromatic nitrogens is 7. The summed E-state index contributed by atoms with van der Waals surface area (Å²) in [6.45, 7) is 9.06. The maximum atomic E-state index is 13.2. The van der Waals surface area contributed by atoms with E-state index in [2.05, 4.69) is 54.1 Å². The molecule has 0 saturated heterocycles. The zero-order chi connectivity index (χ0) is 28.3. The van der Waals surface area contributed by atoms with E-state index >= 15 is 0 Å². The molecule has 0 bridgehead atoms. The van der Waals surface area contributed by atoms with Gasteiger partial charge in [0.2, 0.25) is 5.95 Å². The first-order valence-corrected chi connectivity index (χ1v) is 13.4. The molecule has 1 aromatic carbocycles. The van der Waals surface area contributed by atoms with Gasteiger partial charge >= 0.3 is 0 Å². The lowest BCUT2D eigenvalue weighted by molar-refractivity contribution is 0.0925. The fourth-order valence-corrected chi connectivity index (χ4v) is 4.71. The predicted molar refractivity (Wildman–Crippen MR) is 151 cm³/mol. The molecule has 5 rings (SSSR count). The Bertz CT molecular complexity index is 1470. The van der Waals surface area contributed by atoms with Crippen LogP contribution in [0.5, 0.6) is 0 Å². The first-order chi connectivity index (χ1) is 19.2. The molecule has 12 nitrogen and oxygen atoms in total. The third-order valence-electron chi connectivity index (χ3n) is 6.89. The minimum absolute atomic E-state index is 0.169. The molecule has 0 fully saturated rings. The lowest BCUT2D eigenvalue weighted by atomic mass is 9.96. The number of nitrogens with zero attached hydrogens (tertiary/aromatic N) is 8. The number of carbonyl (C=O) groups is 1. The van der Waals surface area contributed by atoms with Crippen LogP contribution in [0.1, 0.15) is 54.8 Å². The van der Waals surface area contributed by atoms with Gasteiger partial charge in [-0.3, -0.25) is 14.4 Å². The summed E-state index contributed by atoms with van der Waals surface area (Å²) in [6.07, 6.45) is 7.80. The molecule has 0 aliphatic carbocycles. The van der Waals surface area contributed by atoms with Crippen molar-refractivity contribution in [1.29, 1.82) is 0 Å². The van der Waals surface area contributed by atoms with E-state index in [0.29, 0.717) is 18.2 Å². The van der Waals surface area contributed by atoms with Crippen LogP contribution in [0.3, 0.4) is 0 Å². The lowest BCUT2D eigenvalue weighted by Crippen LogP contribution is -2.31. The van der Waals surface area contributed by atoms with Gasteiger partial charge in [0.25, 0.3) is 5.91 Å². The van der Waals surface area contributed by atoms with Gasteiger partial charge in [-0.05, 0) is 50.5 Å². The van der Waals surface area contributed by atoms with Gasteiger partial charge in [-0.1, -0.05) is 17.3 Å². The number of fused-ring (bicyclic) bond motifs is 1. The van der Waals surface area contributed by atoms with E-state index < -0.39 is 0 Å². The van der Waals surface area contributed by atoms with Crippen LogP contribution < -0.4 is 10.6 Å². The molecule has 1 atom stereocenters. The highest BCUT2D eigenvalue weighted by Crippen LogP contribution is 2.31. The van der Waals surface area contributed by atoms with Crippen molar-refractivity contribution in [2.75, 3.05) is 32.1 Å². The summed E-state index contributed by atoms with van der Waals surface area (Å²) in [5, 5.41) is 18.9. The van der Waals surface area contributed by atoms with Crippen molar-refractivity contribution in [2.24, 2.45) is 7.05 Å². The predicted octanol–water partition coefficient (Wildman–Crippen LogP) is 3.29. The van der Waals surface area contributed by atoms with Crippen molar-refractivity contribution in [2.45, 2.75) is 45.3 Å². The first kappa shape index (κ1) is 27.4. The molecule has 3 aromatic heterocycles. The number of benzene rings is 1. The van der Waals surface area contributed by atoms with E-state index in [1.165, 1.54) is 0 Å². The number of ether oxygens (including phenoxy) is 1. The van der Waals surface area contributed by atoms with Crippen molar-refractivity contribution >= 4 is 17.5 Å². The van der Waals surface area contributed by atoms with Crippen LogP contribution in [0.2, 0.25) is 0 Å². The van der Waals surface area contributed by atoms with Crippen LogP contribution in [0.15, 0.2) is 49.1 Å². The number of hydrogen-bond donors (Lipinski definition) is 2. The number of carbonyl (C=O) groups excluding carboxylic acids is 1. The first-order valence-electron chi connectivity index (χ1n) is 13.4. The van der Waals surface area contributed by atoms with Crippen LogP contribution >= 0.6 is 0 Å². The van der Waals surface area contributed by atoms with E-state index in [9.17, 15) is 4.79 Å². The van der Waals surface area contributed by atoms with Gasteiger partial charge in [-0.15, -0.1) is 5.10 Å². The molecule has 0 unspecified atom stereocenters. The smallest absolute Gasteiger partial charge is 0.273 e. The minimum atomic E-state index is -0.257. The normalized spacial score (nSPS) is 15.9. The van der Waals surface area contributed by atoms with E-state index in [1.807, 2.05) is 40.1 Å². The molecule has 210 valence electrons. The number of aryl methyl sites for hydroxylation is 1. The van der Waals surface area contributed by atoms with E-state index in [0.717, 1.165) is 54.1 Å². The van der Waals surface area contributed by atoms with Gasteiger partial charge < -0.3 is 15.4 Å². The molecule has 4 aromatic rings. The van der Waals surface area contributed by atoms with E-state index in [-0.39, 0.29) is 17.5 Å². The lowest BCUT2D eigenvalue weighted by Gasteiger charge is -2.20. The quantitative estimate of drug-likeness (QED) is 0.343. The maximum Gasteiger partial charge on any atom is 0.273 e. The summed E-state index contributed by atoms with van der Waals surface area (Å²) in [7, 11) is 3.57. The Morgan fingerprint density at radius 2 is 2.05 bits per heavy atom. The van der Waals surface area contributed by atoms with Crippen molar-refractivity contribution in [1.82, 2.24) is 45.0 Å². The van der Waals surface area contributed by atoms with Gasteiger partial charge in [0.15, 0.2) is 5.69 Å². The second-order valence-electron chi connectivity index (χ2n) is 11.0. The molecular weight excluding hydrogens is 508 g/mol. The molecule has 12 heteroatoms. The molecule has 4 heterocycles. The average molecular weight is 545 g/mol. The van der Waals surface area contributed by atoms with Gasteiger partial charge in [0, 0.05) is 51.7 Å². The standard InChI is InChI=1S/C28H36N10O2/c1-28(2,3)38-18-25(34-35-38)26(39)32-24-9-11-37(12-13-40-5)16-20-14-19(6-7-22(20)24)23-8-10-29-27(33-23)31-21-15-30-36(4)17-21/h6-8,10,14-15,17-18,24H,9,11-13,16H2,1-5H3,(H,32,39)(H,29,31,33)/t24-/m0/s1. The second-order valence-corrected chi connectivity index (χ2v) is 11.0. The van der Waals surface area contributed by atoms with Crippen molar-refractivity contribution in [3.8, 4) is 11.3 Å². The Balaban J connectivity index is 1.41. The van der Waals surface area contributed by atoms with Crippen LogP contribution in [0.4, 0.5) is 11.6 Å². The molecule has 1 aliphatic heterocycles. The highest BCUT2D eigenvalue weighted by atomic mass is 16.5. The molecule has 2 N–H and O–H groups in total. The number of hydrogen-bond acceptors (Lipinski definition) is 9. The fraction of sp³-hybridized carbons (Fsp3) is 0.429.